The molecule has 0 N–H and O–H groups in total. The molecular weight excluding hydrogens is 258 g/mol. The van der Waals surface area contributed by atoms with Crippen LogP contribution in [-0.2, 0) is 6.54 Å². The lowest BCUT2D eigenvalue weighted by molar-refractivity contribution is 0.927. The number of nitriles is 1. The van der Waals surface area contributed by atoms with Crippen LogP contribution >= 0.6 is 0 Å². The van der Waals surface area contributed by atoms with Crippen molar-refractivity contribution in [3.8, 4) is 6.07 Å². The van der Waals surface area contributed by atoms with Crippen molar-refractivity contribution >= 4 is 16.6 Å². The van der Waals surface area contributed by atoms with Crippen molar-refractivity contribution in [2.45, 2.75) is 6.54 Å². The number of anilines is 1. The van der Waals surface area contributed by atoms with E-state index in [2.05, 4.69) is 40.2 Å². The number of aromatic nitrogens is 1. The predicted molar refractivity (Wildman–Crippen MR) is 85.0 cm³/mol. The molecule has 0 aliphatic rings. The van der Waals surface area contributed by atoms with Crippen molar-refractivity contribution in [3.63, 3.8) is 0 Å². The number of pyridine rings is 1. The van der Waals surface area contributed by atoms with Crippen molar-refractivity contribution < 1.29 is 0 Å². The summed E-state index contributed by atoms with van der Waals surface area (Å²) in [6.45, 7) is 0.753. The fourth-order valence-electron chi connectivity index (χ4n) is 2.45. The maximum atomic E-state index is 9.00. The molecule has 3 nitrogen and oxygen atoms in total. The zero-order valence-electron chi connectivity index (χ0n) is 11.8. The van der Waals surface area contributed by atoms with Crippen LogP contribution in [0.3, 0.4) is 0 Å². The SMILES string of the molecule is CN(Cc1cccc2cccnc12)c1cccc(C#N)c1. The molecule has 102 valence electrons. The zero-order valence-corrected chi connectivity index (χ0v) is 11.8. The molecular formula is C18H15N3. The summed E-state index contributed by atoms with van der Waals surface area (Å²) < 4.78 is 0. The molecule has 0 radical (unpaired) electrons. The smallest absolute Gasteiger partial charge is 0.0992 e. The molecule has 3 rings (SSSR count). The number of para-hydroxylation sites is 1. The second-order valence-electron chi connectivity index (χ2n) is 5.01. The number of benzene rings is 2. The summed E-state index contributed by atoms with van der Waals surface area (Å²) >= 11 is 0. The Morgan fingerprint density at radius 1 is 1.10 bits per heavy atom. The van der Waals surface area contributed by atoms with Gasteiger partial charge in [-0.05, 0) is 29.8 Å². The molecule has 1 aromatic heterocycles. The summed E-state index contributed by atoms with van der Waals surface area (Å²) in [5.74, 6) is 0. The van der Waals surface area contributed by atoms with Crippen molar-refractivity contribution in [3.05, 3.63) is 71.9 Å². The summed E-state index contributed by atoms with van der Waals surface area (Å²) in [4.78, 5) is 6.61. The van der Waals surface area contributed by atoms with E-state index in [4.69, 9.17) is 5.26 Å². The van der Waals surface area contributed by atoms with Gasteiger partial charge in [0.1, 0.15) is 0 Å². The number of rotatable bonds is 3. The minimum Gasteiger partial charge on any atom is -0.370 e. The summed E-state index contributed by atoms with van der Waals surface area (Å²) in [5, 5.41) is 10.1. The van der Waals surface area contributed by atoms with Crippen LogP contribution in [0.5, 0.6) is 0 Å². The van der Waals surface area contributed by atoms with Crippen LogP contribution in [0, 0.1) is 11.3 Å². The van der Waals surface area contributed by atoms with Gasteiger partial charge in [-0.1, -0.05) is 30.3 Å². The van der Waals surface area contributed by atoms with Crippen molar-refractivity contribution in [2.75, 3.05) is 11.9 Å². The van der Waals surface area contributed by atoms with E-state index in [0.717, 1.165) is 23.1 Å². The Hall–Kier alpha value is -2.86. The lowest BCUT2D eigenvalue weighted by Gasteiger charge is -2.20. The first kappa shape index (κ1) is 13.1. The van der Waals surface area contributed by atoms with E-state index in [1.165, 1.54) is 5.56 Å². The highest BCUT2D eigenvalue weighted by Gasteiger charge is 2.07. The van der Waals surface area contributed by atoms with Crippen LogP contribution in [0.1, 0.15) is 11.1 Å². The first-order chi connectivity index (χ1) is 10.3. The monoisotopic (exact) mass is 273 g/mol. The molecule has 0 atom stereocenters. The normalized spacial score (nSPS) is 10.3. The van der Waals surface area contributed by atoms with Gasteiger partial charge in [-0.25, -0.2) is 0 Å². The van der Waals surface area contributed by atoms with Gasteiger partial charge < -0.3 is 4.90 Å². The topological polar surface area (TPSA) is 39.9 Å². The number of hydrogen-bond donors (Lipinski definition) is 0. The number of fused-ring (bicyclic) bond motifs is 1. The molecule has 3 aromatic rings. The second kappa shape index (κ2) is 5.64. The largest absolute Gasteiger partial charge is 0.370 e. The van der Waals surface area contributed by atoms with Crippen molar-refractivity contribution in [1.82, 2.24) is 4.98 Å². The van der Waals surface area contributed by atoms with E-state index in [-0.39, 0.29) is 0 Å². The molecule has 0 saturated heterocycles. The summed E-state index contributed by atoms with van der Waals surface area (Å²) in [5.41, 5.74) is 3.92. The van der Waals surface area contributed by atoms with Crippen LogP contribution in [0.2, 0.25) is 0 Å². The van der Waals surface area contributed by atoms with Crippen LogP contribution in [-0.4, -0.2) is 12.0 Å². The molecule has 0 bridgehead atoms. The average Bonchev–Trinajstić information content (AvgIpc) is 2.55. The Kier molecular flexibility index (Phi) is 3.53. The van der Waals surface area contributed by atoms with E-state index in [9.17, 15) is 0 Å². The molecule has 21 heavy (non-hydrogen) atoms. The molecule has 0 fully saturated rings. The first-order valence-electron chi connectivity index (χ1n) is 6.82. The van der Waals surface area contributed by atoms with Crippen LogP contribution in [0.4, 0.5) is 5.69 Å². The summed E-state index contributed by atoms with van der Waals surface area (Å²) in [6, 6.07) is 20.1. The molecule has 0 amide bonds. The maximum absolute atomic E-state index is 9.00. The number of hydrogen-bond acceptors (Lipinski definition) is 3. The molecule has 1 heterocycles. The van der Waals surface area contributed by atoms with Gasteiger partial charge >= 0.3 is 0 Å². The van der Waals surface area contributed by atoms with Gasteiger partial charge in [0.25, 0.3) is 0 Å². The fourth-order valence-corrected chi connectivity index (χ4v) is 2.45. The molecule has 0 saturated carbocycles. The Labute approximate surface area is 124 Å². The van der Waals surface area contributed by atoms with Gasteiger partial charge in [-0.3, -0.25) is 4.98 Å². The standard InChI is InChI=1S/C18H15N3/c1-21(17-9-2-5-14(11-17)12-19)13-16-7-3-6-15-8-4-10-20-18(15)16/h2-11H,13H2,1H3. The molecule has 0 aliphatic heterocycles. The van der Waals surface area contributed by atoms with E-state index in [0.29, 0.717) is 5.56 Å². The quantitative estimate of drug-likeness (QED) is 0.729. The third kappa shape index (κ3) is 2.70. The molecule has 0 spiro atoms. The van der Waals surface area contributed by atoms with E-state index in [1.807, 2.05) is 43.6 Å². The first-order valence-corrected chi connectivity index (χ1v) is 6.82. The van der Waals surface area contributed by atoms with Gasteiger partial charge in [0.15, 0.2) is 0 Å². The minimum atomic E-state index is 0.676. The predicted octanol–water partition coefficient (Wildman–Crippen LogP) is 3.74. The van der Waals surface area contributed by atoms with Crippen LogP contribution in [0.15, 0.2) is 60.8 Å². The van der Waals surface area contributed by atoms with Gasteiger partial charge in [-0.2, -0.15) is 5.26 Å². The Balaban J connectivity index is 1.93. The maximum Gasteiger partial charge on any atom is 0.0992 e. The summed E-state index contributed by atoms with van der Waals surface area (Å²) in [6.07, 6.45) is 1.82. The molecule has 0 aliphatic carbocycles. The molecule has 0 unspecified atom stereocenters. The van der Waals surface area contributed by atoms with E-state index < -0.39 is 0 Å². The van der Waals surface area contributed by atoms with Gasteiger partial charge in [0, 0.05) is 30.9 Å². The van der Waals surface area contributed by atoms with E-state index in [1.54, 1.807) is 0 Å². The third-order valence-electron chi connectivity index (χ3n) is 3.54. The number of nitrogens with zero attached hydrogens (tertiary/aromatic N) is 3. The summed E-state index contributed by atoms with van der Waals surface area (Å²) in [7, 11) is 2.03. The molecule has 3 heteroatoms. The van der Waals surface area contributed by atoms with Crippen molar-refractivity contribution in [1.29, 1.82) is 5.26 Å². The second-order valence-corrected chi connectivity index (χ2v) is 5.01. The highest BCUT2D eigenvalue weighted by Crippen LogP contribution is 2.21. The minimum absolute atomic E-state index is 0.676. The Morgan fingerprint density at radius 3 is 2.76 bits per heavy atom. The van der Waals surface area contributed by atoms with Crippen LogP contribution in [0.25, 0.3) is 10.9 Å². The van der Waals surface area contributed by atoms with Gasteiger partial charge in [0.05, 0.1) is 17.1 Å². The van der Waals surface area contributed by atoms with E-state index >= 15 is 0 Å². The van der Waals surface area contributed by atoms with Gasteiger partial charge in [-0.15, -0.1) is 0 Å². The molecule has 2 aromatic carbocycles. The Bertz CT molecular complexity index is 813. The average molecular weight is 273 g/mol. The van der Waals surface area contributed by atoms with Crippen molar-refractivity contribution in [2.24, 2.45) is 0 Å². The third-order valence-corrected chi connectivity index (χ3v) is 3.54. The van der Waals surface area contributed by atoms with Gasteiger partial charge in [0.2, 0.25) is 0 Å². The zero-order chi connectivity index (χ0) is 14.7. The van der Waals surface area contributed by atoms with Crippen LogP contribution < -0.4 is 4.90 Å². The fraction of sp³-hybridized carbons (Fsp3) is 0.111. The highest BCUT2D eigenvalue weighted by molar-refractivity contribution is 5.81. The lowest BCUT2D eigenvalue weighted by Crippen LogP contribution is -2.16. The Morgan fingerprint density at radius 2 is 1.90 bits per heavy atom. The highest BCUT2D eigenvalue weighted by atomic mass is 15.1. The lowest BCUT2D eigenvalue weighted by atomic mass is 10.1.